The summed E-state index contributed by atoms with van der Waals surface area (Å²) in [5.74, 6) is 1.13. The SMILES string of the molecule is CCOC(=O)c1ncc(-c2ccc3c(c2)OCO3)[nH]1. The minimum absolute atomic E-state index is 0.189. The fourth-order valence-electron chi connectivity index (χ4n) is 1.84. The number of nitrogens with one attached hydrogen (secondary N) is 1. The highest BCUT2D eigenvalue weighted by Crippen LogP contribution is 2.35. The third kappa shape index (κ3) is 2.12. The lowest BCUT2D eigenvalue weighted by Gasteiger charge is -2.00. The first kappa shape index (κ1) is 11.6. The van der Waals surface area contributed by atoms with Crippen molar-refractivity contribution < 1.29 is 19.0 Å². The predicted octanol–water partition coefficient (Wildman–Crippen LogP) is 1.98. The van der Waals surface area contributed by atoms with Crippen LogP contribution in [0.3, 0.4) is 0 Å². The molecule has 0 unspecified atom stereocenters. The van der Waals surface area contributed by atoms with Gasteiger partial charge in [-0.25, -0.2) is 9.78 Å². The van der Waals surface area contributed by atoms with Crippen LogP contribution in [-0.2, 0) is 4.74 Å². The van der Waals surface area contributed by atoms with Crippen molar-refractivity contribution in [2.75, 3.05) is 13.4 Å². The number of H-pyrrole nitrogens is 1. The minimum atomic E-state index is -0.463. The summed E-state index contributed by atoms with van der Waals surface area (Å²) in [5.41, 5.74) is 1.59. The number of nitrogens with zero attached hydrogens (tertiary/aromatic N) is 1. The predicted molar refractivity (Wildman–Crippen MR) is 66.1 cm³/mol. The van der Waals surface area contributed by atoms with E-state index in [9.17, 15) is 4.79 Å². The fourth-order valence-corrected chi connectivity index (χ4v) is 1.84. The maximum absolute atomic E-state index is 11.5. The number of rotatable bonds is 3. The van der Waals surface area contributed by atoms with Crippen molar-refractivity contribution >= 4 is 5.97 Å². The lowest BCUT2D eigenvalue weighted by atomic mass is 10.1. The Morgan fingerprint density at radius 2 is 2.26 bits per heavy atom. The Hall–Kier alpha value is -2.50. The van der Waals surface area contributed by atoms with E-state index < -0.39 is 5.97 Å². The van der Waals surface area contributed by atoms with E-state index in [0.29, 0.717) is 18.1 Å². The molecule has 0 saturated heterocycles. The first-order chi connectivity index (χ1) is 9.28. The molecular formula is C13H12N2O4. The van der Waals surface area contributed by atoms with Gasteiger partial charge < -0.3 is 19.2 Å². The van der Waals surface area contributed by atoms with Crippen molar-refractivity contribution in [3.8, 4) is 22.8 Å². The van der Waals surface area contributed by atoms with Gasteiger partial charge in [0, 0.05) is 5.56 Å². The summed E-state index contributed by atoms with van der Waals surface area (Å²) in [4.78, 5) is 18.4. The summed E-state index contributed by atoms with van der Waals surface area (Å²) in [5, 5.41) is 0. The van der Waals surface area contributed by atoms with Crippen molar-refractivity contribution in [2.45, 2.75) is 6.92 Å². The second-order valence-corrected chi connectivity index (χ2v) is 3.93. The number of carbonyl (C=O) groups excluding carboxylic acids is 1. The molecule has 3 rings (SSSR count). The van der Waals surface area contributed by atoms with Crippen LogP contribution in [0, 0.1) is 0 Å². The zero-order valence-corrected chi connectivity index (χ0v) is 10.3. The van der Waals surface area contributed by atoms with E-state index in [0.717, 1.165) is 11.3 Å². The summed E-state index contributed by atoms with van der Waals surface area (Å²) in [6.07, 6.45) is 1.59. The van der Waals surface area contributed by atoms with Crippen molar-refractivity contribution in [3.05, 3.63) is 30.2 Å². The lowest BCUT2D eigenvalue weighted by Crippen LogP contribution is -2.06. The molecule has 1 N–H and O–H groups in total. The summed E-state index contributed by atoms with van der Waals surface area (Å²) in [6.45, 7) is 2.30. The Morgan fingerprint density at radius 1 is 1.42 bits per heavy atom. The van der Waals surface area contributed by atoms with Gasteiger partial charge >= 0.3 is 5.97 Å². The molecule has 0 atom stereocenters. The molecule has 1 aliphatic heterocycles. The maximum Gasteiger partial charge on any atom is 0.374 e. The topological polar surface area (TPSA) is 73.4 Å². The number of hydrogen-bond acceptors (Lipinski definition) is 5. The second-order valence-electron chi connectivity index (χ2n) is 3.93. The standard InChI is InChI=1S/C13H12N2O4/c1-2-17-13(16)12-14-6-9(15-12)8-3-4-10-11(5-8)19-7-18-10/h3-6H,2,7H2,1H3,(H,14,15). The highest BCUT2D eigenvalue weighted by Gasteiger charge is 2.16. The monoisotopic (exact) mass is 260 g/mol. The molecule has 0 radical (unpaired) electrons. The van der Waals surface area contributed by atoms with E-state index in [1.54, 1.807) is 13.1 Å². The molecule has 0 fully saturated rings. The zero-order chi connectivity index (χ0) is 13.2. The van der Waals surface area contributed by atoms with Gasteiger partial charge in [0.2, 0.25) is 12.6 Å². The van der Waals surface area contributed by atoms with Gasteiger partial charge in [0.1, 0.15) is 0 Å². The first-order valence-electron chi connectivity index (χ1n) is 5.90. The van der Waals surface area contributed by atoms with Crippen molar-refractivity contribution in [1.29, 1.82) is 0 Å². The summed E-state index contributed by atoms with van der Waals surface area (Å²) in [7, 11) is 0. The number of hydrogen-bond donors (Lipinski definition) is 1. The second kappa shape index (κ2) is 4.64. The van der Waals surface area contributed by atoms with Crippen molar-refractivity contribution in [2.24, 2.45) is 0 Å². The van der Waals surface area contributed by atoms with Crippen LogP contribution in [0.5, 0.6) is 11.5 Å². The van der Waals surface area contributed by atoms with Crippen LogP contribution >= 0.6 is 0 Å². The minimum Gasteiger partial charge on any atom is -0.460 e. The Labute approximate surface area is 109 Å². The van der Waals surface area contributed by atoms with Gasteiger partial charge in [0.25, 0.3) is 0 Å². The quantitative estimate of drug-likeness (QED) is 0.854. The number of carbonyl (C=O) groups is 1. The van der Waals surface area contributed by atoms with Crippen molar-refractivity contribution in [1.82, 2.24) is 9.97 Å². The first-order valence-corrected chi connectivity index (χ1v) is 5.90. The van der Waals surface area contributed by atoms with E-state index in [2.05, 4.69) is 9.97 Å². The van der Waals surface area contributed by atoms with Gasteiger partial charge in [-0.15, -0.1) is 0 Å². The van der Waals surface area contributed by atoms with Gasteiger partial charge in [-0.05, 0) is 25.1 Å². The third-order valence-electron chi connectivity index (χ3n) is 2.73. The van der Waals surface area contributed by atoms with E-state index in [4.69, 9.17) is 14.2 Å². The number of esters is 1. The van der Waals surface area contributed by atoms with Crippen LogP contribution < -0.4 is 9.47 Å². The number of ether oxygens (including phenoxy) is 3. The molecule has 0 bridgehead atoms. The Balaban J connectivity index is 1.88. The van der Waals surface area contributed by atoms with Crippen LogP contribution in [0.1, 0.15) is 17.5 Å². The van der Waals surface area contributed by atoms with Gasteiger partial charge in [-0.1, -0.05) is 0 Å². The molecule has 1 aromatic heterocycles. The average Bonchev–Trinajstić information content (AvgIpc) is 3.07. The molecule has 19 heavy (non-hydrogen) atoms. The van der Waals surface area contributed by atoms with E-state index in [1.165, 1.54) is 0 Å². The zero-order valence-electron chi connectivity index (χ0n) is 10.3. The number of imidazole rings is 1. The third-order valence-corrected chi connectivity index (χ3v) is 2.73. The Bertz CT molecular complexity index is 621. The number of benzene rings is 1. The number of aromatic amines is 1. The van der Waals surface area contributed by atoms with Crippen LogP contribution in [-0.4, -0.2) is 29.3 Å². The molecule has 0 amide bonds. The van der Waals surface area contributed by atoms with Crippen molar-refractivity contribution in [3.63, 3.8) is 0 Å². The smallest absolute Gasteiger partial charge is 0.374 e. The van der Waals surface area contributed by atoms with Gasteiger partial charge in [0.05, 0.1) is 18.5 Å². The fraction of sp³-hybridized carbons (Fsp3) is 0.231. The number of fused-ring (bicyclic) bond motifs is 1. The summed E-state index contributed by atoms with van der Waals surface area (Å²) < 4.78 is 15.4. The van der Waals surface area contributed by atoms with Gasteiger partial charge in [-0.2, -0.15) is 0 Å². The van der Waals surface area contributed by atoms with Crippen LogP contribution in [0.25, 0.3) is 11.3 Å². The van der Waals surface area contributed by atoms with Crippen LogP contribution in [0.4, 0.5) is 0 Å². The molecule has 0 saturated carbocycles. The van der Waals surface area contributed by atoms with Crippen LogP contribution in [0.15, 0.2) is 24.4 Å². The largest absolute Gasteiger partial charge is 0.460 e. The Kier molecular flexibility index (Phi) is 2.83. The molecule has 1 aliphatic rings. The molecule has 0 spiro atoms. The molecule has 6 heteroatoms. The maximum atomic E-state index is 11.5. The molecular weight excluding hydrogens is 248 g/mol. The van der Waals surface area contributed by atoms with Gasteiger partial charge in [0.15, 0.2) is 11.5 Å². The summed E-state index contributed by atoms with van der Waals surface area (Å²) in [6, 6.07) is 5.53. The normalized spacial score (nSPS) is 12.5. The molecule has 1 aromatic carbocycles. The highest BCUT2D eigenvalue weighted by molar-refractivity contribution is 5.86. The van der Waals surface area contributed by atoms with Crippen LogP contribution in [0.2, 0.25) is 0 Å². The average molecular weight is 260 g/mol. The number of aromatic nitrogens is 2. The summed E-state index contributed by atoms with van der Waals surface area (Å²) >= 11 is 0. The van der Waals surface area contributed by atoms with Gasteiger partial charge in [-0.3, -0.25) is 0 Å². The highest BCUT2D eigenvalue weighted by atomic mass is 16.7. The molecule has 98 valence electrons. The molecule has 0 aliphatic carbocycles. The van der Waals surface area contributed by atoms with E-state index in [1.807, 2.05) is 18.2 Å². The van der Waals surface area contributed by atoms with E-state index in [-0.39, 0.29) is 12.6 Å². The Morgan fingerprint density at radius 3 is 3.11 bits per heavy atom. The molecule has 6 nitrogen and oxygen atoms in total. The molecule has 2 aromatic rings. The molecule has 2 heterocycles. The van der Waals surface area contributed by atoms with E-state index >= 15 is 0 Å². The lowest BCUT2D eigenvalue weighted by molar-refractivity contribution is 0.0513.